The summed E-state index contributed by atoms with van der Waals surface area (Å²) in [4.78, 5) is 0. The molecule has 0 saturated heterocycles. The van der Waals surface area contributed by atoms with Crippen molar-refractivity contribution >= 4 is 75.5 Å². The van der Waals surface area contributed by atoms with Gasteiger partial charge in [-0.15, -0.1) is 0 Å². The molecule has 6 heavy (non-hydrogen) atoms. The van der Waals surface area contributed by atoms with Crippen LogP contribution in [0.4, 0.5) is 0 Å². The first kappa shape index (κ1) is 63.6. The van der Waals surface area contributed by atoms with Gasteiger partial charge in [0.15, 0.2) is 0 Å². The maximum Gasteiger partial charge on any atom is 2.00 e. The summed E-state index contributed by atoms with van der Waals surface area (Å²) in [5.41, 5.74) is 0. The molecule has 0 aromatic rings. The Morgan fingerprint density at radius 2 is 0.667 bits per heavy atom. The molecule has 0 rings (SSSR count). The molecule has 0 aromatic heterocycles. The van der Waals surface area contributed by atoms with E-state index in [0.717, 1.165) is 0 Å². The van der Waals surface area contributed by atoms with Crippen LogP contribution >= 0.6 is 0 Å². The van der Waals surface area contributed by atoms with Crippen molar-refractivity contribution < 1.29 is 38.6 Å². The average Bonchev–Trinajstić information content (AvgIpc) is 0. The molecule has 0 unspecified atom stereocenters. The minimum absolute atomic E-state index is 0. The van der Waals surface area contributed by atoms with E-state index in [1.807, 2.05) is 0 Å². The molecule has 2 nitrogen and oxygen atoms in total. The third kappa shape index (κ3) is 27.9. The van der Waals surface area contributed by atoms with E-state index in [9.17, 15) is 0 Å². The van der Waals surface area contributed by atoms with Crippen LogP contribution in [0.5, 0.6) is 0 Å². The minimum Gasteiger partial charge on any atom is -1.00 e. The molecule has 0 heterocycles. The standard InChI is InChI=1S/2Ca.2ClH.2H2O.2H/h;;2*1H;2*1H2;;/q2*+2;;;;;2*-1/p-2. The van der Waals surface area contributed by atoms with Crippen LogP contribution in [-0.2, 0) is 0 Å². The van der Waals surface area contributed by atoms with Gasteiger partial charge in [-0.1, -0.05) is 0 Å². The van der Waals surface area contributed by atoms with Gasteiger partial charge in [0.25, 0.3) is 0 Å². The van der Waals surface area contributed by atoms with Gasteiger partial charge in [0.1, 0.15) is 0 Å². The Labute approximate surface area is 112 Å². The Morgan fingerprint density at radius 3 is 0.667 bits per heavy atom. The van der Waals surface area contributed by atoms with Gasteiger partial charge in [-0.3, -0.25) is 0 Å². The van der Waals surface area contributed by atoms with Gasteiger partial charge in [0.05, 0.1) is 0 Å². The van der Waals surface area contributed by atoms with Crippen molar-refractivity contribution in [2.24, 2.45) is 0 Å². The normalized spacial score (nSPS) is 0. The Morgan fingerprint density at radius 1 is 0.667 bits per heavy atom. The quantitative estimate of drug-likeness (QED) is 0.340. The first-order valence-corrected chi connectivity index (χ1v) is 0. The van der Waals surface area contributed by atoms with Crippen molar-refractivity contribution in [2.45, 2.75) is 0 Å². The van der Waals surface area contributed by atoms with E-state index in [1.54, 1.807) is 0 Å². The van der Waals surface area contributed by atoms with Crippen LogP contribution in [0.25, 0.3) is 0 Å². The average molecular weight is 189 g/mol. The van der Waals surface area contributed by atoms with Crippen molar-refractivity contribution in [3.63, 3.8) is 0 Å². The van der Waals surface area contributed by atoms with Gasteiger partial charge in [-0.05, 0) is 0 Å². The topological polar surface area (TPSA) is 63.0 Å². The molecular formula is H6Ca2Cl2O2. The van der Waals surface area contributed by atoms with Crippen LogP contribution in [-0.4, -0.2) is 86.4 Å². The van der Waals surface area contributed by atoms with Crippen molar-refractivity contribution in [1.82, 2.24) is 0 Å². The Balaban J connectivity index is 0. The molecule has 0 radical (unpaired) electrons. The van der Waals surface area contributed by atoms with E-state index in [1.165, 1.54) is 0 Å². The molecule has 0 spiro atoms. The predicted molar refractivity (Wildman–Crippen MR) is 21.0 cm³/mol. The van der Waals surface area contributed by atoms with Crippen LogP contribution in [0.1, 0.15) is 2.85 Å². The zero-order valence-corrected chi connectivity index (χ0v) is 9.10. The molecule has 0 fully saturated rings. The van der Waals surface area contributed by atoms with Gasteiger partial charge in [-0.2, -0.15) is 0 Å². The first-order chi connectivity index (χ1) is 0. The Hall–Kier alpha value is 3.02. The summed E-state index contributed by atoms with van der Waals surface area (Å²) >= 11 is 0. The molecule has 0 saturated carbocycles. The van der Waals surface area contributed by atoms with E-state index in [4.69, 9.17) is 0 Å². The summed E-state index contributed by atoms with van der Waals surface area (Å²) < 4.78 is 0. The van der Waals surface area contributed by atoms with E-state index in [-0.39, 0.29) is 114 Å². The number of hydrogen-bond acceptors (Lipinski definition) is 0. The summed E-state index contributed by atoms with van der Waals surface area (Å²) in [6, 6.07) is 0. The molecule has 0 bridgehead atoms. The summed E-state index contributed by atoms with van der Waals surface area (Å²) in [6.45, 7) is 0. The molecule has 0 aliphatic rings. The third-order valence-electron chi connectivity index (χ3n) is 0. The second-order valence-electron chi connectivity index (χ2n) is 0. The van der Waals surface area contributed by atoms with Crippen LogP contribution in [0, 0.1) is 0 Å². The second kappa shape index (κ2) is 43.3. The van der Waals surface area contributed by atoms with Gasteiger partial charge < -0.3 is 38.6 Å². The fraction of sp³-hybridized carbons (Fsp3) is 0. The number of rotatable bonds is 0. The molecule has 4 N–H and O–H groups in total. The van der Waals surface area contributed by atoms with Crippen molar-refractivity contribution in [2.75, 3.05) is 0 Å². The summed E-state index contributed by atoms with van der Waals surface area (Å²) in [5.74, 6) is 0. The largest absolute Gasteiger partial charge is 2.00 e. The van der Waals surface area contributed by atoms with Crippen LogP contribution < -0.4 is 24.8 Å². The SMILES string of the molecule is O.O.[Ca+2].[Ca+2].[Cl-].[Cl-].[H-].[H-]. The molecule has 0 aromatic carbocycles. The van der Waals surface area contributed by atoms with Crippen molar-refractivity contribution in [1.29, 1.82) is 0 Å². The maximum atomic E-state index is 0. The fourth-order valence-corrected chi connectivity index (χ4v) is 0. The van der Waals surface area contributed by atoms with E-state index in [2.05, 4.69) is 0 Å². The van der Waals surface area contributed by atoms with Gasteiger partial charge in [0.2, 0.25) is 0 Å². The van der Waals surface area contributed by atoms with Crippen molar-refractivity contribution in [3.05, 3.63) is 0 Å². The molecule has 0 aliphatic heterocycles. The molecule has 0 atom stereocenters. The second-order valence-corrected chi connectivity index (χ2v) is 0. The van der Waals surface area contributed by atoms with Gasteiger partial charge >= 0.3 is 75.5 Å². The summed E-state index contributed by atoms with van der Waals surface area (Å²) in [7, 11) is 0. The Bertz CT molecular complexity index is 16.0. The van der Waals surface area contributed by atoms with Crippen molar-refractivity contribution in [3.8, 4) is 0 Å². The Kier molecular flexibility index (Phi) is 460. The van der Waals surface area contributed by atoms with E-state index in [0.29, 0.717) is 0 Å². The van der Waals surface area contributed by atoms with Gasteiger partial charge in [-0.25, -0.2) is 0 Å². The molecule has 0 aliphatic carbocycles. The summed E-state index contributed by atoms with van der Waals surface area (Å²) in [5, 5.41) is 0. The number of halogens is 2. The number of hydrogen-bond donors (Lipinski definition) is 0. The zero-order chi connectivity index (χ0) is 0. The zero-order valence-electron chi connectivity index (χ0n) is 5.17. The predicted octanol–water partition coefficient (Wildman–Crippen LogP) is -8.18. The molecular weight excluding hydrogens is 183 g/mol. The maximum absolute atomic E-state index is 0. The van der Waals surface area contributed by atoms with Crippen LogP contribution in [0.2, 0.25) is 0 Å². The van der Waals surface area contributed by atoms with E-state index >= 15 is 0 Å². The van der Waals surface area contributed by atoms with E-state index < -0.39 is 0 Å². The van der Waals surface area contributed by atoms with Crippen LogP contribution in [0.15, 0.2) is 0 Å². The summed E-state index contributed by atoms with van der Waals surface area (Å²) in [6.07, 6.45) is 0. The smallest absolute Gasteiger partial charge is 1.00 e. The fourth-order valence-electron chi connectivity index (χ4n) is 0. The van der Waals surface area contributed by atoms with Gasteiger partial charge in [0, 0.05) is 0 Å². The first-order valence-electron chi connectivity index (χ1n) is 0. The molecule has 0 amide bonds. The minimum atomic E-state index is 0. The molecule has 36 valence electrons. The van der Waals surface area contributed by atoms with Crippen LogP contribution in [0.3, 0.4) is 0 Å². The monoisotopic (exact) mass is 188 g/mol. The molecule has 6 heteroatoms. The third-order valence-corrected chi connectivity index (χ3v) is 0.